The van der Waals surface area contributed by atoms with Gasteiger partial charge >= 0.3 is 0 Å². The molecule has 13 atom stereocenters. The van der Waals surface area contributed by atoms with E-state index in [1.54, 1.807) is 0 Å². The van der Waals surface area contributed by atoms with Crippen molar-refractivity contribution < 1.29 is 30.6 Å². The third-order valence-electron chi connectivity index (χ3n) is 11.3. The predicted molar refractivity (Wildman–Crippen MR) is 131 cm³/mol. The topological polar surface area (TPSA) is 121 Å². The maximum Gasteiger partial charge on any atom is 0.0863 e. The maximum atomic E-state index is 12.3. The number of hydrogen-bond donors (Lipinski definition) is 6. The Morgan fingerprint density at radius 2 is 1.65 bits per heavy atom. The fraction of sp³-hybridized carbons (Fsp3) is 0.929. The van der Waals surface area contributed by atoms with Crippen molar-refractivity contribution in [2.45, 2.75) is 109 Å². The zero-order chi connectivity index (χ0) is 25.2. The molecule has 0 aromatic rings. The Morgan fingerprint density at radius 1 is 1.00 bits per heavy atom. The Bertz CT molecular complexity index is 772. The van der Waals surface area contributed by atoms with E-state index in [2.05, 4.69) is 27.4 Å². The highest BCUT2D eigenvalue weighted by Gasteiger charge is 2.72. The second kappa shape index (κ2) is 9.11. The quantitative estimate of drug-likeness (QED) is 0.325. The van der Waals surface area contributed by atoms with Crippen LogP contribution >= 0.6 is 0 Å². The first-order valence-corrected chi connectivity index (χ1v) is 13.5. The number of hydrogen-bond acceptors (Lipinski definition) is 6. The molecule has 0 aromatic carbocycles. The van der Waals surface area contributed by atoms with Crippen molar-refractivity contribution in [2.24, 2.45) is 46.3 Å². The predicted octanol–water partition coefficient (Wildman–Crippen LogP) is 2.63. The lowest BCUT2D eigenvalue weighted by Crippen LogP contribution is -2.68. The fourth-order valence-corrected chi connectivity index (χ4v) is 9.48. The molecule has 0 amide bonds. The van der Waals surface area contributed by atoms with E-state index >= 15 is 0 Å². The molecule has 34 heavy (non-hydrogen) atoms. The van der Waals surface area contributed by atoms with Gasteiger partial charge in [-0.25, -0.2) is 0 Å². The van der Waals surface area contributed by atoms with Crippen LogP contribution in [0.3, 0.4) is 0 Å². The van der Waals surface area contributed by atoms with Crippen LogP contribution in [-0.2, 0) is 0 Å². The summed E-state index contributed by atoms with van der Waals surface area (Å²) in [6.45, 7) is 12.6. The third-order valence-corrected chi connectivity index (χ3v) is 11.3. The number of aliphatic hydroxyl groups is 6. The second-order valence-electron chi connectivity index (χ2n) is 13.1. The van der Waals surface area contributed by atoms with E-state index in [0.717, 1.165) is 37.7 Å². The maximum absolute atomic E-state index is 12.3. The Morgan fingerprint density at radius 3 is 2.29 bits per heavy atom. The minimum atomic E-state index is -1.25. The normalized spacial score (nSPS) is 52.3. The molecule has 13 unspecified atom stereocenters. The van der Waals surface area contributed by atoms with Gasteiger partial charge in [0.2, 0.25) is 0 Å². The van der Waals surface area contributed by atoms with Crippen molar-refractivity contribution >= 4 is 0 Å². The second-order valence-corrected chi connectivity index (χ2v) is 13.1. The molecule has 6 N–H and O–H groups in total. The fourth-order valence-electron chi connectivity index (χ4n) is 9.48. The summed E-state index contributed by atoms with van der Waals surface area (Å²) in [5.74, 6) is -0.629. The van der Waals surface area contributed by atoms with Crippen LogP contribution in [0.5, 0.6) is 0 Å². The van der Waals surface area contributed by atoms with Crippen LogP contribution in [-0.4, -0.2) is 67.3 Å². The van der Waals surface area contributed by atoms with Crippen molar-refractivity contribution in [3.8, 4) is 0 Å². The molecule has 4 rings (SSSR count). The van der Waals surface area contributed by atoms with Gasteiger partial charge in [0.05, 0.1) is 30.0 Å². The smallest absolute Gasteiger partial charge is 0.0863 e. The van der Waals surface area contributed by atoms with E-state index in [0.29, 0.717) is 12.8 Å². The summed E-state index contributed by atoms with van der Waals surface area (Å²) in [7, 11) is 0. The van der Waals surface area contributed by atoms with Crippen molar-refractivity contribution in [1.29, 1.82) is 0 Å². The summed E-state index contributed by atoms with van der Waals surface area (Å²) in [6.07, 6.45) is 2.29. The first-order valence-electron chi connectivity index (χ1n) is 13.5. The highest BCUT2D eigenvalue weighted by molar-refractivity contribution is 5.21. The van der Waals surface area contributed by atoms with Gasteiger partial charge in [-0.2, -0.15) is 0 Å². The highest BCUT2D eigenvalue weighted by Crippen LogP contribution is 2.69. The first-order chi connectivity index (χ1) is 15.8. The molecule has 0 radical (unpaired) electrons. The van der Waals surface area contributed by atoms with Gasteiger partial charge in [0.1, 0.15) is 0 Å². The molecule has 4 aliphatic carbocycles. The van der Waals surface area contributed by atoms with Crippen LogP contribution in [0, 0.1) is 46.3 Å². The zero-order valence-electron chi connectivity index (χ0n) is 21.5. The van der Waals surface area contributed by atoms with Crippen LogP contribution < -0.4 is 0 Å². The van der Waals surface area contributed by atoms with Crippen LogP contribution in [0.2, 0.25) is 0 Å². The molecule has 6 heteroatoms. The summed E-state index contributed by atoms with van der Waals surface area (Å²) in [6, 6.07) is 0. The molecule has 0 aromatic heterocycles. The lowest BCUT2D eigenvalue weighted by Gasteiger charge is -2.65. The first kappa shape index (κ1) is 26.6. The lowest BCUT2D eigenvalue weighted by molar-refractivity contribution is -0.264. The number of rotatable bonds is 6. The molecule has 0 aliphatic heterocycles. The molecule has 0 heterocycles. The summed E-state index contributed by atoms with van der Waals surface area (Å²) in [5.41, 5.74) is -0.978. The van der Waals surface area contributed by atoms with E-state index in [9.17, 15) is 30.6 Å². The highest BCUT2D eigenvalue weighted by atomic mass is 16.3. The van der Waals surface area contributed by atoms with Crippen molar-refractivity contribution in [3.05, 3.63) is 12.2 Å². The van der Waals surface area contributed by atoms with E-state index in [-0.39, 0.29) is 48.0 Å². The molecular formula is C28H48O6. The molecule has 4 fully saturated rings. The summed E-state index contributed by atoms with van der Waals surface area (Å²) >= 11 is 0. The molecule has 4 saturated carbocycles. The van der Waals surface area contributed by atoms with Gasteiger partial charge in [-0.1, -0.05) is 39.8 Å². The van der Waals surface area contributed by atoms with E-state index in [1.807, 2.05) is 6.92 Å². The Kier molecular flexibility index (Phi) is 7.12. The monoisotopic (exact) mass is 480 g/mol. The average molecular weight is 481 g/mol. The van der Waals surface area contributed by atoms with Crippen LogP contribution in [0.15, 0.2) is 12.2 Å². The Balaban J connectivity index is 1.62. The van der Waals surface area contributed by atoms with E-state index in [1.165, 1.54) is 0 Å². The van der Waals surface area contributed by atoms with Crippen LogP contribution in [0.4, 0.5) is 0 Å². The lowest BCUT2D eigenvalue weighted by atomic mass is 9.42. The number of fused-ring (bicyclic) bond motifs is 5. The molecule has 0 saturated heterocycles. The summed E-state index contributed by atoms with van der Waals surface area (Å²) in [4.78, 5) is 0. The van der Waals surface area contributed by atoms with Gasteiger partial charge in [-0.05, 0) is 85.4 Å². The minimum Gasteiger partial charge on any atom is -0.396 e. The molecule has 0 spiro atoms. The SMILES string of the molecule is C=C(CCC(C)C1C(O)C(O)C2C1(C)CCC1C3(C)CCC(O)CC3C(O)CC12O)C(C)CO. The molecular weight excluding hydrogens is 432 g/mol. The van der Waals surface area contributed by atoms with Gasteiger partial charge in [0.25, 0.3) is 0 Å². The average Bonchev–Trinajstić information content (AvgIpc) is 2.98. The van der Waals surface area contributed by atoms with Crippen LogP contribution in [0.25, 0.3) is 0 Å². The minimum absolute atomic E-state index is 0.0391. The molecule has 4 aliphatic rings. The molecule has 0 bridgehead atoms. The van der Waals surface area contributed by atoms with Gasteiger partial charge in [-0.15, -0.1) is 0 Å². The van der Waals surface area contributed by atoms with E-state index in [4.69, 9.17) is 0 Å². The summed E-state index contributed by atoms with van der Waals surface area (Å²) < 4.78 is 0. The van der Waals surface area contributed by atoms with Gasteiger partial charge in [-0.3, -0.25) is 0 Å². The van der Waals surface area contributed by atoms with E-state index < -0.39 is 41.3 Å². The van der Waals surface area contributed by atoms with Crippen LogP contribution in [0.1, 0.15) is 79.1 Å². The van der Waals surface area contributed by atoms with Crippen molar-refractivity contribution in [3.63, 3.8) is 0 Å². The largest absolute Gasteiger partial charge is 0.396 e. The Labute approximate surface area is 205 Å². The van der Waals surface area contributed by atoms with Crippen molar-refractivity contribution in [2.75, 3.05) is 6.61 Å². The molecule has 6 nitrogen and oxygen atoms in total. The standard InChI is InChI=1S/C28H48O6/c1-15(17(3)14-29)6-7-16(2)22-23(32)24(33)25-27(22,5)11-9-21-26(4)10-8-18(30)12-19(26)20(31)13-28(21,25)34/h16-25,29-34H,1,6-14H2,2-5H3. The van der Waals surface area contributed by atoms with Gasteiger partial charge in [0, 0.05) is 18.9 Å². The third kappa shape index (κ3) is 3.83. The van der Waals surface area contributed by atoms with Crippen molar-refractivity contribution in [1.82, 2.24) is 0 Å². The Hall–Kier alpha value is -0.500. The number of aliphatic hydroxyl groups excluding tert-OH is 5. The van der Waals surface area contributed by atoms with Gasteiger partial charge < -0.3 is 30.6 Å². The zero-order valence-corrected chi connectivity index (χ0v) is 21.5. The summed E-state index contributed by atoms with van der Waals surface area (Å²) in [5, 5.41) is 66.0. The molecule has 196 valence electrons. The van der Waals surface area contributed by atoms with Gasteiger partial charge in [0.15, 0.2) is 0 Å².